The predicted octanol–water partition coefficient (Wildman–Crippen LogP) is 3.17. The maximum atomic E-state index is 4.20. The summed E-state index contributed by atoms with van der Waals surface area (Å²) >= 11 is 6.91. The lowest BCUT2D eigenvalue weighted by Crippen LogP contribution is -1.88. The normalized spacial score (nSPS) is 10.9. The highest BCUT2D eigenvalue weighted by Crippen LogP contribution is 2.26. The average molecular weight is 290 g/mol. The van der Waals surface area contributed by atoms with Gasteiger partial charge in [0.2, 0.25) is 0 Å². The molecule has 0 radical (unpaired) electrons. The molecule has 0 bridgehead atoms. The average Bonchev–Trinajstić information content (AvgIpc) is 2.31. The van der Waals surface area contributed by atoms with E-state index < -0.39 is 0 Å². The van der Waals surface area contributed by atoms with Gasteiger partial charge in [-0.05, 0) is 44.8 Å². The molecule has 62 valence electrons. The first kappa shape index (κ1) is 8.26. The zero-order chi connectivity index (χ0) is 8.72. The van der Waals surface area contributed by atoms with Crippen molar-refractivity contribution in [2.45, 2.75) is 6.92 Å². The van der Waals surface area contributed by atoms with Crippen molar-refractivity contribution < 1.29 is 0 Å². The van der Waals surface area contributed by atoms with Crippen LogP contribution in [-0.2, 0) is 0 Å². The summed E-state index contributed by atoms with van der Waals surface area (Å²) in [5.74, 6) is 0. The van der Waals surface area contributed by atoms with Crippen LogP contribution in [0.25, 0.3) is 5.52 Å². The highest BCUT2D eigenvalue weighted by molar-refractivity contribution is 9.13. The van der Waals surface area contributed by atoms with Gasteiger partial charge in [-0.1, -0.05) is 0 Å². The molecule has 0 N–H and O–H groups in total. The maximum absolute atomic E-state index is 4.20. The van der Waals surface area contributed by atoms with Gasteiger partial charge in [0.05, 0.1) is 21.9 Å². The van der Waals surface area contributed by atoms with Crippen molar-refractivity contribution in [3.8, 4) is 0 Å². The lowest BCUT2D eigenvalue weighted by atomic mass is 10.5. The van der Waals surface area contributed by atoms with Gasteiger partial charge >= 0.3 is 0 Å². The molecule has 0 amide bonds. The number of nitrogens with zero attached hydrogens (tertiary/aromatic N) is 2. The Morgan fingerprint density at radius 2 is 2.17 bits per heavy atom. The van der Waals surface area contributed by atoms with Crippen LogP contribution in [0, 0.1) is 6.92 Å². The summed E-state index contributed by atoms with van der Waals surface area (Å²) in [6, 6.07) is 2.02. The summed E-state index contributed by atoms with van der Waals surface area (Å²) in [5, 5.41) is 0. The number of fused-ring (bicyclic) bond motifs is 1. The molecule has 2 nitrogen and oxygen atoms in total. The minimum Gasteiger partial charge on any atom is -0.307 e. The van der Waals surface area contributed by atoms with E-state index in [2.05, 4.69) is 36.8 Å². The number of rotatable bonds is 0. The Bertz CT molecular complexity index is 434. The van der Waals surface area contributed by atoms with E-state index in [1.807, 2.05) is 29.8 Å². The first-order valence-electron chi connectivity index (χ1n) is 3.47. The Kier molecular flexibility index (Phi) is 1.96. The predicted molar refractivity (Wildman–Crippen MR) is 55.3 cm³/mol. The number of aromatic nitrogens is 2. The number of aryl methyl sites for hydroxylation is 1. The van der Waals surface area contributed by atoms with Crippen molar-refractivity contribution in [2.24, 2.45) is 0 Å². The van der Waals surface area contributed by atoms with Gasteiger partial charge in [0.15, 0.2) is 0 Å². The summed E-state index contributed by atoms with van der Waals surface area (Å²) in [5.41, 5.74) is 2.09. The number of hydrogen-bond donors (Lipinski definition) is 0. The van der Waals surface area contributed by atoms with Crippen molar-refractivity contribution in [3.05, 3.63) is 33.2 Å². The standard InChI is InChI=1S/C8H6Br2N2/c1-5-4-12-6(3-11-5)2-7(9)8(12)10/h2-4H,1H3. The topological polar surface area (TPSA) is 17.3 Å². The molecule has 0 saturated carbocycles. The van der Waals surface area contributed by atoms with Crippen molar-refractivity contribution in [2.75, 3.05) is 0 Å². The Balaban J connectivity index is 2.88. The van der Waals surface area contributed by atoms with E-state index in [0.717, 1.165) is 20.3 Å². The van der Waals surface area contributed by atoms with Crippen LogP contribution in [0.3, 0.4) is 0 Å². The zero-order valence-electron chi connectivity index (χ0n) is 6.38. The Morgan fingerprint density at radius 1 is 1.42 bits per heavy atom. The second kappa shape index (κ2) is 2.85. The van der Waals surface area contributed by atoms with Gasteiger partial charge in [-0.2, -0.15) is 0 Å². The van der Waals surface area contributed by atoms with Crippen LogP contribution in [0.4, 0.5) is 0 Å². The van der Waals surface area contributed by atoms with Gasteiger partial charge in [-0.15, -0.1) is 0 Å². The van der Waals surface area contributed by atoms with Crippen LogP contribution >= 0.6 is 31.9 Å². The molecule has 0 saturated heterocycles. The van der Waals surface area contributed by atoms with Crippen molar-refractivity contribution in [1.29, 1.82) is 0 Å². The molecule has 2 aromatic rings. The van der Waals surface area contributed by atoms with Crippen LogP contribution in [0.2, 0.25) is 0 Å². The van der Waals surface area contributed by atoms with Crippen LogP contribution in [-0.4, -0.2) is 9.38 Å². The van der Waals surface area contributed by atoms with Gasteiger partial charge in [-0.25, -0.2) is 0 Å². The smallest absolute Gasteiger partial charge is 0.104 e. The maximum Gasteiger partial charge on any atom is 0.104 e. The molecule has 4 heteroatoms. The van der Waals surface area contributed by atoms with Gasteiger partial charge in [0, 0.05) is 6.20 Å². The Morgan fingerprint density at radius 3 is 2.92 bits per heavy atom. The molecule has 0 aromatic carbocycles. The fraction of sp³-hybridized carbons (Fsp3) is 0.125. The molecular weight excluding hydrogens is 284 g/mol. The fourth-order valence-corrected chi connectivity index (χ4v) is 1.95. The highest BCUT2D eigenvalue weighted by Gasteiger charge is 2.04. The Hall–Kier alpha value is -0.350. The van der Waals surface area contributed by atoms with Gasteiger partial charge in [0.1, 0.15) is 4.60 Å². The molecule has 0 fully saturated rings. The third-order valence-electron chi connectivity index (χ3n) is 1.68. The van der Waals surface area contributed by atoms with Crippen molar-refractivity contribution in [3.63, 3.8) is 0 Å². The minimum absolute atomic E-state index is 1.01. The summed E-state index contributed by atoms with van der Waals surface area (Å²) in [6.45, 7) is 1.97. The zero-order valence-corrected chi connectivity index (χ0v) is 9.55. The molecule has 2 heterocycles. The molecule has 0 spiro atoms. The monoisotopic (exact) mass is 288 g/mol. The van der Waals surface area contributed by atoms with E-state index in [-0.39, 0.29) is 0 Å². The molecule has 0 aliphatic carbocycles. The van der Waals surface area contributed by atoms with E-state index in [1.54, 1.807) is 0 Å². The quantitative estimate of drug-likeness (QED) is 0.728. The van der Waals surface area contributed by atoms with E-state index in [1.165, 1.54) is 0 Å². The van der Waals surface area contributed by atoms with Gasteiger partial charge in [-0.3, -0.25) is 4.98 Å². The molecule has 0 aliphatic rings. The van der Waals surface area contributed by atoms with E-state index in [0.29, 0.717) is 0 Å². The van der Waals surface area contributed by atoms with Gasteiger partial charge < -0.3 is 4.40 Å². The molecule has 12 heavy (non-hydrogen) atoms. The van der Waals surface area contributed by atoms with Crippen LogP contribution in [0.5, 0.6) is 0 Å². The van der Waals surface area contributed by atoms with E-state index >= 15 is 0 Å². The number of hydrogen-bond acceptors (Lipinski definition) is 1. The minimum atomic E-state index is 1.01. The lowest BCUT2D eigenvalue weighted by Gasteiger charge is -1.96. The first-order valence-corrected chi connectivity index (χ1v) is 5.06. The summed E-state index contributed by atoms with van der Waals surface area (Å²) in [4.78, 5) is 4.20. The highest BCUT2D eigenvalue weighted by atomic mass is 79.9. The molecule has 0 atom stereocenters. The van der Waals surface area contributed by atoms with Crippen molar-refractivity contribution >= 4 is 37.4 Å². The van der Waals surface area contributed by atoms with Crippen molar-refractivity contribution in [1.82, 2.24) is 9.38 Å². The van der Waals surface area contributed by atoms with Crippen LogP contribution in [0.1, 0.15) is 5.69 Å². The molecular formula is C8H6Br2N2. The summed E-state index contributed by atoms with van der Waals surface area (Å²) < 4.78 is 4.13. The molecule has 0 unspecified atom stereocenters. The second-order valence-corrected chi connectivity index (χ2v) is 4.21. The van der Waals surface area contributed by atoms with Crippen LogP contribution < -0.4 is 0 Å². The third kappa shape index (κ3) is 1.19. The SMILES string of the molecule is Cc1cn2c(Br)c(Br)cc2cn1. The largest absolute Gasteiger partial charge is 0.307 e. The first-order chi connectivity index (χ1) is 5.68. The summed E-state index contributed by atoms with van der Waals surface area (Å²) in [7, 11) is 0. The lowest BCUT2D eigenvalue weighted by molar-refractivity contribution is 1.06. The number of halogens is 2. The van der Waals surface area contributed by atoms with E-state index in [4.69, 9.17) is 0 Å². The Labute approximate surface area is 86.9 Å². The fourth-order valence-electron chi connectivity index (χ4n) is 1.11. The van der Waals surface area contributed by atoms with Gasteiger partial charge in [0.25, 0.3) is 0 Å². The summed E-state index contributed by atoms with van der Waals surface area (Å²) in [6.07, 6.45) is 3.84. The molecule has 2 rings (SSSR count). The second-order valence-electron chi connectivity index (χ2n) is 2.61. The third-order valence-corrected chi connectivity index (χ3v) is 3.62. The van der Waals surface area contributed by atoms with E-state index in [9.17, 15) is 0 Å². The van der Waals surface area contributed by atoms with Crippen LogP contribution in [0.15, 0.2) is 27.5 Å². The molecule has 2 aromatic heterocycles. The molecule has 0 aliphatic heterocycles.